The first kappa shape index (κ1) is 17.0. The van der Waals surface area contributed by atoms with Crippen LogP contribution in [0.5, 0.6) is 0 Å². The summed E-state index contributed by atoms with van der Waals surface area (Å²) in [6.45, 7) is 0.428. The van der Waals surface area contributed by atoms with Crippen LogP contribution in [0.2, 0.25) is 5.02 Å². The van der Waals surface area contributed by atoms with Crippen molar-refractivity contribution in [1.82, 2.24) is 15.3 Å². The van der Waals surface area contributed by atoms with Crippen molar-refractivity contribution in [2.24, 2.45) is 5.10 Å². The summed E-state index contributed by atoms with van der Waals surface area (Å²) in [6, 6.07) is 8.14. The monoisotopic (exact) mass is 384 g/mol. The normalized spacial score (nSPS) is 15.3. The van der Waals surface area contributed by atoms with E-state index in [0.717, 1.165) is 17.1 Å². The van der Waals surface area contributed by atoms with Crippen LogP contribution in [0.15, 0.2) is 41.6 Å². The number of hydrogen-bond donors (Lipinski definition) is 3. The Hall–Kier alpha value is -3.46. The highest BCUT2D eigenvalue weighted by Gasteiger charge is 2.25. The maximum Gasteiger partial charge on any atom is 0.287 e. The maximum atomic E-state index is 12.4. The van der Waals surface area contributed by atoms with E-state index in [1.165, 1.54) is 12.1 Å². The molecule has 0 saturated carbocycles. The highest BCUT2D eigenvalue weighted by atomic mass is 35.5. The number of benzene rings is 1. The fourth-order valence-electron chi connectivity index (χ4n) is 2.94. The Bertz CT molecular complexity index is 1090. The van der Waals surface area contributed by atoms with Gasteiger partial charge in [-0.3, -0.25) is 20.3 Å². The van der Waals surface area contributed by atoms with Crippen LogP contribution >= 0.6 is 11.6 Å². The molecule has 1 aliphatic rings. The topological polar surface area (TPSA) is 125 Å². The number of nitrogens with one attached hydrogen (secondary N) is 3. The summed E-state index contributed by atoms with van der Waals surface area (Å²) in [5.74, 6) is 0.145. The third-order valence-corrected chi connectivity index (χ3v) is 4.42. The number of carbonyl (C=O) groups excluding carboxylic acids is 1. The minimum atomic E-state index is -0.521. The Morgan fingerprint density at radius 3 is 2.89 bits per heavy atom. The number of aromatic amines is 1. The number of fused-ring (bicyclic) bond motifs is 3. The minimum absolute atomic E-state index is 0.106. The standard InChI is InChI=1S/C17H13ClN6O3/c18-9-1-3-12-11(7-9)15-13(5-6-19-17(25)16(15)21-12)22-23-14-4-2-10(8-20-14)24(26)27/h1-4,7-8,21H,5-6H2,(H,19,25)(H,20,23)/b22-13-. The molecular formula is C17H13ClN6O3. The molecule has 0 saturated heterocycles. The van der Waals surface area contributed by atoms with Crippen LogP contribution in [-0.2, 0) is 0 Å². The fraction of sp³-hybridized carbons (Fsp3) is 0.118. The number of anilines is 1. The van der Waals surface area contributed by atoms with Crippen LogP contribution in [0.4, 0.5) is 11.5 Å². The van der Waals surface area contributed by atoms with Gasteiger partial charge in [-0.15, -0.1) is 0 Å². The molecular weight excluding hydrogens is 372 g/mol. The van der Waals surface area contributed by atoms with Crippen molar-refractivity contribution in [1.29, 1.82) is 0 Å². The van der Waals surface area contributed by atoms with E-state index in [2.05, 4.69) is 25.8 Å². The largest absolute Gasteiger partial charge is 0.350 e. The number of nitrogens with zero attached hydrogens (tertiary/aromatic N) is 3. The van der Waals surface area contributed by atoms with Crippen molar-refractivity contribution in [2.75, 3.05) is 12.0 Å². The lowest BCUT2D eigenvalue weighted by atomic mass is 10.0. The predicted molar refractivity (Wildman–Crippen MR) is 101 cm³/mol. The number of carbonyl (C=O) groups is 1. The molecule has 1 aromatic carbocycles. The molecule has 1 amide bonds. The van der Waals surface area contributed by atoms with E-state index < -0.39 is 4.92 Å². The Morgan fingerprint density at radius 2 is 2.15 bits per heavy atom. The molecule has 0 unspecified atom stereocenters. The van der Waals surface area contributed by atoms with Gasteiger partial charge in [-0.05, 0) is 24.3 Å². The SMILES string of the molecule is O=C1NCC/C(=N/Nc2ccc([N+](=O)[O-])cn2)c2c1[nH]c1ccc(Cl)cc21. The molecule has 3 aromatic rings. The highest BCUT2D eigenvalue weighted by Crippen LogP contribution is 2.28. The van der Waals surface area contributed by atoms with Crippen LogP contribution in [0.3, 0.4) is 0 Å². The smallest absolute Gasteiger partial charge is 0.287 e. The molecule has 0 aliphatic carbocycles. The van der Waals surface area contributed by atoms with Gasteiger partial charge in [-0.25, -0.2) is 4.98 Å². The van der Waals surface area contributed by atoms with Crippen molar-refractivity contribution in [3.05, 3.63) is 62.9 Å². The highest BCUT2D eigenvalue weighted by molar-refractivity contribution is 6.32. The lowest BCUT2D eigenvalue weighted by molar-refractivity contribution is -0.385. The van der Waals surface area contributed by atoms with Gasteiger partial charge in [0.15, 0.2) is 0 Å². The van der Waals surface area contributed by atoms with Crippen molar-refractivity contribution >= 4 is 45.6 Å². The molecule has 3 N–H and O–H groups in total. The van der Waals surface area contributed by atoms with Crippen molar-refractivity contribution < 1.29 is 9.72 Å². The number of amides is 1. The first-order valence-electron chi connectivity index (χ1n) is 8.06. The molecule has 136 valence electrons. The molecule has 27 heavy (non-hydrogen) atoms. The summed E-state index contributed by atoms with van der Waals surface area (Å²) >= 11 is 6.12. The van der Waals surface area contributed by atoms with Gasteiger partial charge in [0.05, 0.1) is 10.6 Å². The van der Waals surface area contributed by atoms with Gasteiger partial charge in [-0.1, -0.05) is 11.6 Å². The molecule has 1 aliphatic heterocycles. The van der Waals surface area contributed by atoms with E-state index in [4.69, 9.17) is 11.6 Å². The Balaban J connectivity index is 1.74. The lowest BCUT2D eigenvalue weighted by Crippen LogP contribution is -2.23. The second kappa shape index (κ2) is 6.69. The van der Waals surface area contributed by atoms with Crippen LogP contribution in [-0.4, -0.2) is 33.1 Å². The molecule has 0 spiro atoms. The number of halogens is 1. The van der Waals surface area contributed by atoms with E-state index in [0.29, 0.717) is 40.8 Å². The van der Waals surface area contributed by atoms with Crippen LogP contribution in [0.25, 0.3) is 10.9 Å². The van der Waals surface area contributed by atoms with Gasteiger partial charge in [0.2, 0.25) is 0 Å². The van der Waals surface area contributed by atoms with E-state index in [1.54, 1.807) is 12.1 Å². The van der Waals surface area contributed by atoms with Gasteiger partial charge in [-0.2, -0.15) is 5.10 Å². The quantitative estimate of drug-likeness (QED) is 0.472. The Morgan fingerprint density at radius 1 is 1.30 bits per heavy atom. The number of hydrogen-bond acceptors (Lipinski definition) is 6. The summed E-state index contributed by atoms with van der Waals surface area (Å²) in [6.07, 6.45) is 1.65. The van der Waals surface area contributed by atoms with Gasteiger partial charge in [0.25, 0.3) is 11.6 Å². The molecule has 0 fully saturated rings. The molecule has 0 radical (unpaired) electrons. The fourth-order valence-corrected chi connectivity index (χ4v) is 3.11. The first-order valence-corrected chi connectivity index (χ1v) is 8.43. The van der Waals surface area contributed by atoms with Crippen molar-refractivity contribution in [3.8, 4) is 0 Å². The van der Waals surface area contributed by atoms with Gasteiger partial charge >= 0.3 is 0 Å². The molecule has 0 atom stereocenters. The molecule has 4 rings (SSSR count). The van der Waals surface area contributed by atoms with E-state index in [9.17, 15) is 14.9 Å². The number of pyridine rings is 1. The second-order valence-corrected chi connectivity index (χ2v) is 6.34. The number of hydrazone groups is 1. The molecule has 2 aromatic heterocycles. The number of aromatic nitrogens is 2. The number of nitro groups is 1. The average Bonchev–Trinajstić information content (AvgIpc) is 2.95. The van der Waals surface area contributed by atoms with Gasteiger partial charge < -0.3 is 10.3 Å². The third-order valence-electron chi connectivity index (χ3n) is 4.19. The number of H-pyrrole nitrogens is 1. The molecule has 10 heteroatoms. The minimum Gasteiger partial charge on any atom is -0.350 e. The molecule has 9 nitrogen and oxygen atoms in total. The molecule has 3 heterocycles. The van der Waals surface area contributed by atoms with Crippen molar-refractivity contribution in [2.45, 2.75) is 6.42 Å². The van der Waals surface area contributed by atoms with Crippen LogP contribution in [0, 0.1) is 10.1 Å². The van der Waals surface area contributed by atoms with Crippen molar-refractivity contribution in [3.63, 3.8) is 0 Å². The van der Waals surface area contributed by atoms with Crippen LogP contribution in [0.1, 0.15) is 22.5 Å². The van der Waals surface area contributed by atoms with Gasteiger partial charge in [0, 0.05) is 40.5 Å². The average molecular weight is 385 g/mol. The third kappa shape index (κ3) is 3.20. The zero-order chi connectivity index (χ0) is 19.0. The zero-order valence-electron chi connectivity index (χ0n) is 13.8. The first-order chi connectivity index (χ1) is 13.0. The maximum absolute atomic E-state index is 12.4. The summed E-state index contributed by atoms with van der Waals surface area (Å²) in [5.41, 5.74) is 5.22. The van der Waals surface area contributed by atoms with Gasteiger partial charge in [0.1, 0.15) is 17.7 Å². The summed E-state index contributed by atoms with van der Waals surface area (Å²) in [5, 5.41) is 19.3. The Kier molecular flexibility index (Phi) is 4.21. The number of rotatable bonds is 3. The molecule has 0 bridgehead atoms. The predicted octanol–water partition coefficient (Wildman–Crippen LogP) is 3.07. The van der Waals surface area contributed by atoms with E-state index in [-0.39, 0.29) is 11.6 Å². The summed E-state index contributed by atoms with van der Waals surface area (Å²) in [7, 11) is 0. The Labute approximate surface area is 157 Å². The second-order valence-electron chi connectivity index (χ2n) is 5.90. The van der Waals surface area contributed by atoms with E-state index >= 15 is 0 Å². The summed E-state index contributed by atoms with van der Waals surface area (Å²) < 4.78 is 0. The van der Waals surface area contributed by atoms with E-state index in [1.807, 2.05) is 6.07 Å². The zero-order valence-corrected chi connectivity index (χ0v) is 14.6. The lowest BCUT2D eigenvalue weighted by Gasteiger charge is -2.05. The van der Waals surface area contributed by atoms with Crippen LogP contribution < -0.4 is 10.7 Å². The summed E-state index contributed by atoms with van der Waals surface area (Å²) in [4.78, 5) is 29.6.